The maximum Gasteiger partial charge on any atom is 0.0898 e. The molecule has 1 aromatic heterocycles. The third-order valence-electron chi connectivity index (χ3n) is 3.17. The predicted molar refractivity (Wildman–Crippen MR) is 68.9 cm³/mol. The number of likely N-dealkylation sites (N-methyl/N-ethyl adjacent to an activating group) is 1. The van der Waals surface area contributed by atoms with Gasteiger partial charge in [0.25, 0.3) is 0 Å². The topological polar surface area (TPSA) is 28.2 Å². The number of aromatic nitrogens is 1. The van der Waals surface area contributed by atoms with Crippen molar-refractivity contribution in [2.24, 2.45) is 0 Å². The van der Waals surface area contributed by atoms with Crippen LogP contribution in [0.3, 0.4) is 0 Å². The number of nitrogens with zero attached hydrogens (tertiary/aromatic N) is 2. The highest BCUT2D eigenvalue weighted by Gasteiger charge is 2.25. The van der Waals surface area contributed by atoms with Crippen LogP contribution < -0.4 is 5.32 Å². The minimum Gasteiger partial charge on any atom is -0.308 e. The lowest BCUT2D eigenvalue weighted by atomic mass is 10.2. The van der Waals surface area contributed by atoms with Crippen molar-refractivity contribution in [3.63, 3.8) is 0 Å². The minimum absolute atomic E-state index is 0.373. The Labute approximate surface area is 102 Å². The maximum atomic E-state index is 4.50. The average Bonchev–Trinajstić information content (AvgIpc) is 3.01. The summed E-state index contributed by atoms with van der Waals surface area (Å²) in [5, 5.41) is 6.83. The van der Waals surface area contributed by atoms with Gasteiger partial charge in [-0.05, 0) is 33.7 Å². The van der Waals surface area contributed by atoms with Crippen molar-refractivity contribution < 1.29 is 0 Å². The fourth-order valence-corrected chi connectivity index (χ4v) is 2.55. The summed E-state index contributed by atoms with van der Waals surface area (Å²) in [4.78, 5) is 6.95. The molecule has 0 saturated heterocycles. The predicted octanol–water partition coefficient (Wildman–Crippen LogP) is 2.20. The summed E-state index contributed by atoms with van der Waals surface area (Å²) >= 11 is 1.73. The molecule has 1 aliphatic rings. The average molecular weight is 239 g/mol. The zero-order chi connectivity index (χ0) is 11.5. The monoisotopic (exact) mass is 239 g/mol. The number of rotatable bonds is 6. The van der Waals surface area contributed by atoms with E-state index < -0.39 is 0 Å². The summed E-state index contributed by atoms with van der Waals surface area (Å²) in [6.07, 6.45) is 2.77. The van der Waals surface area contributed by atoms with Gasteiger partial charge in [0.1, 0.15) is 0 Å². The van der Waals surface area contributed by atoms with Crippen molar-refractivity contribution in [3.05, 3.63) is 16.1 Å². The molecule has 1 N–H and O–H groups in total. The van der Waals surface area contributed by atoms with Crippen molar-refractivity contribution in [1.29, 1.82) is 0 Å². The van der Waals surface area contributed by atoms with E-state index in [0.29, 0.717) is 6.04 Å². The van der Waals surface area contributed by atoms with Crippen molar-refractivity contribution in [3.8, 4) is 0 Å². The molecule has 1 aromatic rings. The Bertz CT molecular complexity index is 333. The number of thiazole rings is 1. The van der Waals surface area contributed by atoms with Crippen molar-refractivity contribution in [1.82, 2.24) is 15.2 Å². The highest BCUT2D eigenvalue weighted by molar-refractivity contribution is 7.09. The van der Waals surface area contributed by atoms with Crippen molar-refractivity contribution >= 4 is 11.3 Å². The van der Waals surface area contributed by atoms with E-state index in [1.807, 2.05) is 0 Å². The summed E-state index contributed by atoms with van der Waals surface area (Å²) in [7, 11) is 2.22. The summed E-state index contributed by atoms with van der Waals surface area (Å²) in [6, 6.07) is 1.23. The van der Waals surface area contributed by atoms with Gasteiger partial charge in [0.2, 0.25) is 0 Å². The second kappa shape index (κ2) is 5.25. The van der Waals surface area contributed by atoms with Crippen LogP contribution in [0, 0.1) is 6.92 Å². The molecule has 1 heterocycles. The van der Waals surface area contributed by atoms with Gasteiger partial charge in [0.15, 0.2) is 0 Å². The van der Waals surface area contributed by atoms with Crippen molar-refractivity contribution in [2.75, 3.05) is 20.1 Å². The zero-order valence-electron chi connectivity index (χ0n) is 10.4. The Morgan fingerprint density at radius 3 is 2.94 bits per heavy atom. The van der Waals surface area contributed by atoms with Crippen LogP contribution in [0.15, 0.2) is 5.38 Å². The van der Waals surface area contributed by atoms with E-state index in [-0.39, 0.29) is 0 Å². The quantitative estimate of drug-likeness (QED) is 0.825. The second-order valence-electron chi connectivity index (χ2n) is 4.68. The number of aryl methyl sites for hydroxylation is 1. The van der Waals surface area contributed by atoms with Gasteiger partial charge in [-0.2, -0.15) is 0 Å². The van der Waals surface area contributed by atoms with Crippen molar-refractivity contribution in [2.45, 2.75) is 38.8 Å². The van der Waals surface area contributed by atoms with Crippen LogP contribution in [0.2, 0.25) is 0 Å². The molecule has 1 saturated carbocycles. The zero-order valence-corrected chi connectivity index (χ0v) is 11.2. The van der Waals surface area contributed by atoms with Crippen LogP contribution in [0.4, 0.5) is 0 Å². The van der Waals surface area contributed by atoms with E-state index >= 15 is 0 Å². The lowest BCUT2D eigenvalue weighted by Gasteiger charge is -2.18. The first-order valence-electron chi connectivity index (χ1n) is 6.02. The third kappa shape index (κ3) is 3.27. The smallest absolute Gasteiger partial charge is 0.0898 e. The van der Waals surface area contributed by atoms with E-state index in [1.54, 1.807) is 11.3 Å². The van der Waals surface area contributed by atoms with Gasteiger partial charge in [0.05, 0.1) is 10.7 Å². The molecule has 0 aromatic carbocycles. The SMILES string of the molecule is Cc1nc(C(C)NCCN(C)C2CC2)cs1. The molecular weight excluding hydrogens is 218 g/mol. The molecule has 16 heavy (non-hydrogen) atoms. The van der Waals surface area contributed by atoms with Gasteiger partial charge < -0.3 is 10.2 Å². The molecule has 1 aliphatic carbocycles. The molecule has 4 heteroatoms. The van der Waals surface area contributed by atoms with E-state index in [2.05, 4.69) is 41.5 Å². The lowest BCUT2D eigenvalue weighted by molar-refractivity contribution is 0.316. The summed E-state index contributed by atoms with van der Waals surface area (Å²) in [5.74, 6) is 0. The molecule has 1 fully saturated rings. The molecule has 3 nitrogen and oxygen atoms in total. The molecule has 1 atom stereocenters. The Morgan fingerprint density at radius 2 is 2.38 bits per heavy atom. The lowest BCUT2D eigenvalue weighted by Crippen LogP contribution is -2.32. The van der Waals surface area contributed by atoms with Crippen LogP contribution in [0.25, 0.3) is 0 Å². The standard InChI is InChI=1S/C12H21N3S/c1-9(12-8-16-10(2)14-12)13-6-7-15(3)11-4-5-11/h8-9,11,13H,4-7H2,1-3H3. The molecule has 0 aliphatic heterocycles. The van der Waals surface area contributed by atoms with Gasteiger partial charge >= 0.3 is 0 Å². The fourth-order valence-electron chi connectivity index (χ4n) is 1.84. The van der Waals surface area contributed by atoms with Crippen LogP contribution in [0.1, 0.15) is 36.5 Å². The number of hydrogen-bond donors (Lipinski definition) is 1. The summed E-state index contributed by atoms with van der Waals surface area (Å²) < 4.78 is 0. The molecule has 1 unspecified atom stereocenters. The maximum absolute atomic E-state index is 4.50. The Hall–Kier alpha value is -0.450. The Morgan fingerprint density at radius 1 is 1.62 bits per heavy atom. The third-order valence-corrected chi connectivity index (χ3v) is 3.96. The molecule has 0 radical (unpaired) electrons. The number of nitrogens with one attached hydrogen (secondary N) is 1. The summed E-state index contributed by atoms with van der Waals surface area (Å²) in [5.41, 5.74) is 1.18. The van der Waals surface area contributed by atoms with Gasteiger partial charge in [-0.3, -0.25) is 0 Å². The molecular formula is C12H21N3S. The van der Waals surface area contributed by atoms with Gasteiger partial charge in [-0.1, -0.05) is 0 Å². The second-order valence-corrected chi connectivity index (χ2v) is 5.74. The highest BCUT2D eigenvalue weighted by atomic mass is 32.1. The van der Waals surface area contributed by atoms with E-state index in [4.69, 9.17) is 0 Å². The van der Waals surface area contributed by atoms with Gasteiger partial charge in [-0.15, -0.1) is 11.3 Å². The van der Waals surface area contributed by atoms with E-state index in [0.717, 1.165) is 24.1 Å². The van der Waals surface area contributed by atoms with Crippen LogP contribution >= 0.6 is 11.3 Å². The Balaban J connectivity index is 1.69. The number of hydrogen-bond acceptors (Lipinski definition) is 4. The summed E-state index contributed by atoms with van der Waals surface area (Å²) in [6.45, 7) is 6.43. The first kappa shape index (κ1) is 12.0. The largest absolute Gasteiger partial charge is 0.308 e. The normalized spacial score (nSPS) is 18.0. The molecule has 0 amide bonds. The molecule has 0 bridgehead atoms. The first-order valence-corrected chi connectivity index (χ1v) is 6.90. The van der Waals surface area contributed by atoms with Crippen LogP contribution in [-0.2, 0) is 0 Å². The molecule has 0 spiro atoms. The minimum atomic E-state index is 0.373. The van der Waals surface area contributed by atoms with Gasteiger partial charge in [-0.25, -0.2) is 4.98 Å². The van der Waals surface area contributed by atoms with Crippen LogP contribution in [0.5, 0.6) is 0 Å². The van der Waals surface area contributed by atoms with E-state index in [1.165, 1.54) is 18.5 Å². The van der Waals surface area contributed by atoms with E-state index in [9.17, 15) is 0 Å². The Kier molecular flexibility index (Phi) is 3.95. The first-order chi connectivity index (χ1) is 7.66. The molecule has 2 rings (SSSR count). The fraction of sp³-hybridized carbons (Fsp3) is 0.750. The highest BCUT2D eigenvalue weighted by Crippen LogP contribution is 2.24. The van der Waals surface area contributed by atoms with Gasteiger partial charge in [0, 0.05) is 30.6 Å². The molecule has 90 valence electrons. The van der Waals surface area contributed by atoms with Crippen LogP contribution in [-0.4, -0.2) is 36.1 Å².